The van der Waals surface area contributed by atoms with Gasteiger partial charge in [0.25, 0.3) is 0 Å². The van der Waals surface area contributed by atoms with E-state index in [9.17, 15) is 9.59 Å². The van der Waals surface area contributed by atoms with Crippen LogP contribution in [0, 0.1) is 0 Å². The van der Waals surface area contributed by atoms with Crippen molar-refractivity contribution < 1.29 is 9.59 Å². The maximum Gasteiger partial charge on any atom is 0.221 e. The zero-order valence-corrected chi connectivity index (χ0v) is 11.0. The predicted molar refractivity (Wildman–Crippen MR) is 66.6 cm³/mol. The van der Waals surface area contributed by atoms with Crippen LogP contribution in [-0.2, 0) is 9.59 Å². The van der Waals surface area contributed by atoms with Crippen LogP contribution in [0.1, 0.15) is 26.2 Å². The maximum absolute atomic E-state index is 11.5. The second kappa shape index (κ2) is 6.59. The van der Waals surface area contributed by atoms with Gasteiger partial charge in [-0.15, -0.1) is 0 Å². The largest absolute Gasteiger partial charge is 0.355 e. The average Bonchev–Trinajstić information content (AvgIpc) is 3.01. The highest BCUT2D eigenvalue weighted by Gasteiger charge is 2.30. The Labute approximate surface area is 103 Å². The Morgan fingerprint density at radius 3 is 2.35 bits per heavy atom. The Bertz CT molecular complexity index is 275. The summed E-state index contributed by atoms with van der Waals surface area (Å²) in [5.74, 6) is 0.104. The first kappa shape index (κ1) is 14.0. The molecule has 0 aliphatic heterocycles. The molecule has 98 valence electrons. The van der Waals surface area contributed by atoms with Gasteiger partial charge in [0, 0.05) is 39.0 Å². The summed E-state index contributed by atoms with van der Waals surface area (Å²) in [5, 5.41) is 2.85. The molecule has 0 aromatic heterocycles. The van der Waals surface area contributed by atoms with Crippen molar-refractivity contribution in [2.45, 2.75) is 32.2 Å². The fourth-order valence-electron chi connectivity index (χ4n) is 1.71. The summed E-state index contributed by atoms with van der Waals surface area (Å²) in [4.78, 5) is 26.7. The molecule has 1 rings (SSSR count). The zero-order valence-electron chi connectivity index (χ0n) is 11.0. The van der Waals surface area contributed by atoms with E-state index in [0.29, 0.717) is 25.6 Å². The molecule has 0 atom stereocenters. The SMILES string of the molecule is CC(=O)N(CCC(=O)NCCN(C)C)C1CC1. The minimum Gasteiger partial charge on any atom is -0.355 e. The number of carbonyl (C=O) groups is 2. The minimum atomic E-state index is 0.0266. The highest BCUT2D eigenvalue weighted by molar-refractivity contribution is 5.78. The van der Waals surface area contributed by atoms with Crippen molar-refractivity contribution in [3.05, 3.63) is 0 Å². The van der Waals surface area contributed by atoms with Gasteiger partial charge in [-0.1, -0.05) is 0 Å². The quantitative estimate of drug-likeness (QED) is 0.686. The lowest BCUT2D eigenvalue weighted by Crippen LogP contribution is -2.37. The van der Waals surface area contributed by atoms with E-state index >= 15 is 0 Å². The standard InChI is InChI=1S/C12H23N3O2/c1-10(16)15(11-4-5-11)8-6-12(17)13-7-9-14(2)3/h11H,4-9H2,1-3H3,(H,13,17). The summed E-state index contributed by atoms with van der Waals surface area (Å²) in [6.45, 7) is 3.62. The van der Waals surface area contributed by atoms with E-state index in [1.54, 1.807) is 6.92 Å². The molecular formula is C12H23N3O2. The Hall–Kier alpha value is -1.10. The van der Waals surface area contributed by atoms with Crippen molar-refractivity contribution in [2.75, 3.05) is 33.7 Å². The minimum absolute atomic E-state index is 0.0266. The molecule has 5 nitrogen and oxygen atoms in total. The molecule has 2 amide bonds. The van der Waals surface area contributed by atoms with Gasteiger partial charge in [0.2, 0.25) is 11.8 Å². The number of nitrogens with zero attached hydrogens (tertiary/aromatic N) is 2. The summed E-state index contributed by atoms with van der Waals surface area (Å²) in [5.41, 5.74) is 0. The number of nitrogens with one attached hydrogen (secondary N) is 1. The fraction of sp³-hybridized carbons (Fsp3) is 0.833. The van der Waals surface area contributed by atoms with Crippen molar-refractivity contribution >= 4 is 11.8 Å². The van der Waals surface area contributed by atoms with E-state index in [2.05, 4.69) is 5.32 Å². The summed E-state index contributed by atoms with van der Waals surface area (Å²) < 4.78 is 0. The highest BCUT2D eigenvalue weighted by Crippen LogP contribution is 2.26. The lowest BCUT2D eigenvalue weighted by molar-refractivity contribution is -0.130. The van der Waals surface area contributed by atoms with Crippen LogP contribution in [0.5, 0.6) is 0 Å². The van der Waals surface area contributed by atoms with Crippen molar-refractivity contribution in [1.29, 1.82) is 0 Å². The van der Waals surface area contributed by atoms with Gasteiger partial charge in [-0.25, -0.2) is 0 Å². The van der Waals surface area contributed by atoms with E-state index in [-0.39, 0.29) is 11.8 Å². The number of carbonyl (C=O) groups excluding carboxylic acids is 2. The van der Waals surface area contributed by atoms with Gasteiger partial charge in [-0.2, -0.15) is 0 Å². The van der Waals surface area contributed by atoms with Crippen LogP contribution in [0.3, 0.4) is 0 Å². The maximum atomic E-state index is 11.5. The number of hydrogen-bond donors (Lipinski definition) is 1. The van der Waals surface area contributed by atoms with Crippen LogP contribution in [0.4, 0.5) is 0 Å². The third kappa shape index (κ3) is 5.68. The average molecular weight is 241 g/mol. The van der Waals surface area contributed by atoms with E-state index < -0.39 is 0 Å². The first-order valence-electron chi connectivity index (χ1n) is 6.19. The molecule has 0 heterocycles. The monoisotopic (exact) mass is 241 g/mol. The second-order valence-corrected chi connectivity index (χ2v) is 4.85. The van der Waals surface area contributed by atoms with E-state index in [0.717, 1.165) is 19.4 Å². The highest BCUT2D eigenvalue weighted by atomic mass is 16.2. The smallest absolute Gasteiger partial charge is 0.221 e. The van der Waals surface area contributed by atoms with Gasteiger partial charge in [0.1, 0.15) is 0 Å². The number of hydrogen-bond acceptors (Lipinski definition) is 3. The first-order valence-corrected chi connectivity index (χ1v) is 6.19. The number of likely N-dealkylation sites (N-methyl/N-ethyl adjacent to an activating group) is 1. The third-order valence-corrected chi connectivity index (χ3v) is 2.85. The summed E-state index contributed by atoms with van der Waals surface area (Å²) >= 11 is 0. The fourth-order valence-corrected chi connectivity index (χ4v) is 1.71. The molecule has 1 saturated carbocycles. The van der Waals surface area contributed by atoms with E-state index in [1.165, 1.54) is 0 Å². The van der Waals surface area contributed by atoms with Crippen molar-refractivity contribution in [3.63, 3.8) is 0 Å². The Balaban J connectivity index is 2.15. The molecule has 1 aliphatic rings. The molecule has 0 aromatic carbocycles. The summed E-state index contributed by atoms with van der Waals surface area (Å²) in [6, 6.07) is 0.391. The Kier molecular flexibility index (Phi) is 5.41. The number of rotatable bonds is 7. The normalized spacial score (nSPS) is 14.8. The molecule has 5 heteroatoms. The molecule has 1 N–H and O–H groups in total. The van der Waals surface area contributed by atoms with Crippen molar-refractivity contribution in [1.82, 2.24) is 15.1 Å². The molecule has 17 heavy (non-hydrogen) atoms. The molecule has 0 aromatic rings. The second-order valence-electron chi connectivity index (χ2n) is 4.85. The van der Waals surface area contributed by atoms with Gasteiger partial charge < -0.3 is 15.1 Å². The zero-order chi connectivity index (χ0) is 12.8. The van der Waals surface area contributed by atoms with Crippen LogP contribution in [-0.4, -0.2) is 61.4 Å². The topological polar surface area (TPSA) is 52.7 Å². The first-order chi connectivity index (χ1) is 8.00. The van der Waals surface area contributed by atoms with Crippen LogP contribution in [0.2, 0.25) is 0 Å². The summed E-state index contributed by atoms with van der Waals surface area (Å²) in [6.07, 6.45) is 2.58. The molecule has 0 spiro atoms. The third-order valence-electron chi connectivity index (χ3n) is 2.85. The van der Waals surface area contributed by atoms with Gasteiger partial charge in [0.05, 0.1) is 0 Å². The van der Waals surface area contributed by atoms with E-state index in [4.69, 9.17) is 0 Å². The van der Waals surface area contributed by atoms with Crippen molar-refractivity contribution in [3.8, 4) is 0 Å². The van der Waals surface area contributed by atoms with Gasteiger partial charge in [-0.05, 0) is 26.9 Å². The van der Waals surface area contributed by atoms with Crippen molar-refractivity contribution in [2.24, 2.45) is 0 Å². The lowest BCUT2D eigenvalue weighted by atomic mass is 10.3. The molecule has 1 aliphatic carbocycles. The Morgan fingerprint density at radius 1 is 1.24 bits per heavy atom. The molecule has 1 fully saturated rings. The van der Waals surface area contributed by atoms with Crippen LogP contribution in [0.15, 0.2) is 0 Å². The molecule has 0 radical (unpaired) electrons. The number of amides is 2. The Morgan fingerprint density at radius 2 is 1.88 bits per heavy atom. The van der Waals surface area contributed by atoms with Gasteiger partial charge in [0.15, 0.2) is 0 Å². The van der Waals surface area contributed by atoms with E-state index in [1.807, 2.05) is 23.9 Å². The summed E-state index contributed by atoms with van der Waals surface area (Å²) in [7, 11) is 3.94. The van der Waals surface area contributed by atoms with Crippen LogP contribution < -0.4 is 5.32 Å². The lowest BCUT2D eigenvalue weighted by Gasteiger charge is -2.20. The van der Waals surface area contributed by atoms with Crippen LogP contribution in [0.25, 0.3) is 0 Å². The van der Waals surface area contributed by atoms with Crippen LogP contribution >= 0.6 is 0 Å². The predicted octanol–water partition coefficient (Wildman–Crippen LogP) is 0.0652. The molecule has 0 unspecified atom stereocenters. The molecule has 0 bridgehead atoms. The molecular weight excluding hydrogens is 218 g/mol. The van der Waals surface area contributed by atoms with Gasteiger partial charge in [-0.3, -0.25) is 9.59 Å². The molecule has 0 saturated heterocycles. The van der Waals surface area contributed by atoms with Gasteiger partial charge >= 0.3 is 0 Å².